The molecule has 4 fully saturated rings. The number of unbranched alkanes of at least 4 members (excludes halogenated alkanes) is 7. The quantitative estimate of drug-likeness (QED) is 0.325. The van der Waals surface area contributed by atoms with Crippen molar-refractivity contribution in [1.29, 1.82) is 0 Å². The summed E-state index contributed by atoms with van der Waals surface area (Å²) in [6.45, 7) is 8.95. The Bertz CT molecular complexity index is 664. The van der Waals surface area contributed by atoms with E-state index in [9.17, 15) is 9.90 Å². The van der Waals surface area contributed by atoms with Gasteiger partial charge in [-0.25, -0.2) is 0 Å². The number of ketones is 1. The second kappa shape index (κ2) is 10.7. The molecule has 3 nitrogen and oxygen atoms in total. The van der Waals surface area contributed by atoms with E-state index in [2.05, 4.69) is 26.1 Å². The van der Waals surface area contributed by atoms with Crippen molar-refractivity contribution in [3.05, 3.63) is 0 Å². The summed E-state index contributed by atoms with van der Waals surface area (Å²) < 4.78 is 0. The van der Waals surface area contributed by atoms with Crippen LogP contribution in [-0.2, 0) is 4.79 Å². The van der Waals surface area contributed by atoms with Crippen molar-refractivity contribution >= 4 is 5.78 Å². The molecule has 0 aliphatic heterocycles. The molecule has 33 heavy (non-hydrogen) atoms. The van der Waals surface area contributed by atoms with E-state index in [1.54, 1.807) is 0 Å². The Morgan fingerprint density at radius 2 is 1.61 bits per heavy atom. The van der Waals surface area contributed by atoms with E-state index in [-0.39, 0.29) is 5.41 Å². The van der Waals surface area contributed by atoms with Gasteiger partial charge in [0.05, 0.1) is 5.60 Å². The summed E-state index contributed by atoms with van der Waals surface area (Å²) in [7, 11) is 0. The number of aliphatic hydroxyl groups is 1. The molecule has 4 rings (SSSR count). The second-order valence-electron chi connectivity index (χ2n) is 13.2. The summed E-state index contributed by atoms with van der Waals surface area (Å²) in [6, 6.07) is 0. The fourth-order valence-electron chi connectivity index (χ4n) is 8.96. The molecule has 0 amide bonds. The number of hydrogen-bond donors (Lipinski definition) is 2. The maximum atomic E-state index is 12.6. The van der Waals surface area contributed by atoms with Crippen molar-refractivity contribution in [2.45, 2.75) is 136 Å². The van der Waals surface area contributed by atoms with Gasteiger partial charge in [-0.15, -0.1) is 0 Å². The Morgan fingerprint density at radius 1 is 0.879 bits per heavy atom. The van der Waals surface area contributed by atoms with Gasteiger partial charge in [0.15, 0.2) is 0 Å². The zero-order valence-corrected chi connectivity index (χ0v) is 22.1. The molecular formula is C30H53NO2. The lowest BCUT2D eigenvalue weighted by Crippen LogP contribution is -2.57. The van der Waals surface area contributed by atoms with Crippen LogP contribution < -0.4 is 5.32 Å². The Balaban J connectivity index is 1.22. The topological polar surface area (TPSA) is 49.3 Å². The van der Waals surface area contributed by atoms with E-state index >= 15 is 0 Å². The molecule has 4 aliphatic carbocycles. The number of Topliss-reactive ketones (excluding diaryl/α,β-unsaturated/α-hetero) is 1. The molecule has 0 aromatic carbocycles. The smallest absolute Gasteiger partial charge is 0.139 e. The van der Waals surface area contributed by atoms with E-state index in [4.69, 9.17) is 0 Å². The Kier molecular flexibility index (Phi) is 8.32. The molecule has 7 atom stereocenters. The fraction of sp³-hybridized carbons (Fsp3) is 0.967. The van der Waals surface area contributed by atoms with E-state index < -0.39 is 5.60 Å². The minimum atomic E-state index is -0.510. The molecule has 4 aliphatic rings. The van der Waals surface area contributed by atoms with Gasteiger partial charge in [0, 0.05) is 18.4 Å². The highest BCUT2D eigenvalue weighted by Gasteiger charge is 2.61. The fourth-order valence-corrected chi connectivity index (χ4v) is 8.96. The molecule has 4 saturated carbocycles. The third-order valence-corrected chi connectivity index (χ3v) is 11.2. The Hall–Kier alpha value is -0.410. The van der Waals surface area contributed by atoms with Crippen molar-refractivity contribution in [3.63, 3.8) is 0 Å². The number of nitrogens with one attached hydrogen (secondary N) is 1. The van der Waals surface area contributed by atoms with E-state index in [1.165, 1.54) is 77.0 Å². The third-order valence-electron chi connectivity index (χ3n) is 11.2. The van der Waals surface area contributed by atoms with Gasteiger partial charge in [-0.05, 0) is 93.4 Å². The van der Waals surface area contributed by atoms with E-state index in [1.807, 2.05) is 0 Å². The van der Waals surface area contributed by atoms with Crippen LogP contribution in [-0.4, -0.2) is 29.6 Å². The zero-order chi connectivity index (χ0) is 23.5. The molecule has 0 aromatic rings. The van der Waals surface area contributed by atoms with Crippen LogP contribution in [0, 0.1) is 34.5 Å². The molecule has 0 aromatic heterocycles. The predicted octanol–water partition coefficient (Wildman–Crippen LogP) is 7.06. The first-order valence-electron chi connectivity index (χ1n) is 14.8. The average Bonchev–Trinajstić information content (AvgIpc) is 3.10. The van der Waals surface area contributed by atoms with Gasteiger partial charge in [0.1, 0.15) is 5.78 Å². The highest BCUT2D eigenvalue weighted by molar-refractivity contribution is 5.87. The largest absolute Gasteiger partial charge is 0.389 e. The number of rotatable bonds is 11. The molecule has 190 valence electrons. The maximum Gasteiger partial charge on any atom is 0.139 e. The molecule has 0 bridgehead atoms. The summed E-state index contributed by atoms with van der Waals surface area (Å²) >= 11 is 0. The second-order valence-corrected chi connectivity index (χ2v) is 13.2. The van der Waals surface area contributed by atoms with Gasteiger partial charge in [0.2, 0.25) is 0 Å². The Morgan fingerprint density at radius 3 is 2.36 bits per heavy atom. The molecule has 0 heterocycles. The van der Waals surface area contributed by atoms with Crippen molar-refractivity contribution in [2.75, 3.05) is 13.1 Å². The van der Waals surface area contributed by atoms with Gasteiger partial charge >= 0.3 is 0 Å². The summed E-state index contributed by atoms with van der Waals surface area (Å²) in [6.07, 6.45) is 20.8. The SMILES string of the molecule is CCCCCCCCCCNC[C@@]1(O)CC[C@@]2(C)[C@@H](CC[C@@H]3[C@@H]2CC[C@]2(C)C(=O)CC[C@@H]32)C1. The van der Waals surface area contributed by atoms with Crippen molar-refractivity contribution in [1.82, 2.24) is 5.32 Å². The van der Waals surface area contributed by atoms with Crippen molar-refractivity contribution < 1.29 is 9.90 Å². The first kappa shape index (κ1) is 25.7. The van der Waals surface area contributed by atoms with E-state index in [0.29, 0.717) is 23.0 Å². The number of hydrogen-bond acceptors (Lipinski definition) is 3. The predicted molar refractivity (Wildman–Crippen MR) is 137 cm³/mol. The minimum Gasteiger partial charge on any atom is -0.389 e. The first-order valence-corrected chi connectivity index (χ1v) is 14.8. The van der Waals surface area contributed by atoms with Crippen LogP contribution in [0.2, 0.25) is 0 Å². The molecule has 2 N–H and O–H groups in total. The number of carbonyl (C=O) groups is 1. The Labute approximate surface area is 204 Å². The molecule has 0 saturated heterocycles. The minimum absolute atomic E-state index is 0.0147. The molecular weight excluding hydrogens is 406 g/mol. The monoisotopic (exact) mass is 459 g/mol. The van der Waals surface area contributed by atoms with Gasteiger partial charge in [-0.2, -0.15) is 0 Å². The first-order chi connectivity index (χ1) is 15.8. The summed E-state index contributed by atoms with van der Waals surface area (Å²) in [4.78, 5) is 12.6. The van der Waals surface area contributed by atoms with Crippen molar-refractivity contribution in [2.24, 2.45) is 34.5 Å². The van der Waals surface area contributed by atoms with Crippen LogP contribution in [0.3, 0.4) is 0 Å². The van der Waals surface area contributed by atoms with Crippen LogP contribution in [0.15, 0.2) is 0 Å². The maximum absolute atomic E-state index is 12.6. The normalized spacial score (nSPS) is 42.6. The van der Waals surface area contributed by atoms with Gasteiger partial charge in [-0.1, -0.05) is 65.7 Å². The van der Waals surface area contributed by atoms with Crippen molar-refractivity contribution in [3.8, 4) is 0 Å². The van der Waals surface area contributed by atoms with Gasteiger partial charge in [-0.3, -0.25) is 4.79 Å². The summed E-state index contributed by atoms with van der Waals surface area (Å²) in [5.41, 5.74) is -0.150. The van der Waals surface area contributed by atoms with Gasteiger partial charge in [0.25, 0.3) is 0 Å². The number of carbonyl (C=O) groups excluding carboxylic acids is 1. The van der Waals surface area contributed by atoms with Crippen LogP contribution >= 0.6 is 0 Å². The average molecular weight is 460 g/mol. The zero-order valence-electron chi connectivity index (χ0n) is 22.1. The molecule has 0 spiro atoms. The lowest BCUT2D eigenvalue weighted by Gasteiger charge is -2.61. The summed E-state index contributed by atoms with van der Waals surface area (Å²) in [5, 5.41) is 15.1. The van der Waals surface area contributed by atoms with Crippen LogP contribution in [0.4, 0.5) is 0 Å². The molecule has 0 unspecified atom stereocenters. The lowest BCUT2D eigenvalue weighted by atomic mass is 9.44. The molecule has 3 heteroatoms. The summed E-state index contributed by atoms with van der Waals surface area (Å²) in [5.74, 6) is 3.37. The highest BCUT2D eigenvalue weighted by atomic mass is 16.3. The van der Waals surface area contributed by atoms with E-state index in [0.717, 1.165) is 57.0 Å². The molecule has 0 radical (unpaired) electrons. The third kappa shape index (κ3) is 5.25. The van der Waals surface area contributed by atoms with Gasteiger partial charge < -0.3 is 10.4 Å². The highest BCUT2D eigenvalue weighted by Crippen LogP contribution is 2.66. The van der Waals surface area contributed by atoms with Crippen LogP contribution in [0.25, 0.3) is 0 Å². The standard InChI is InChI=1S/C30H53NO2/c1-4-5-6-7-8-9-10-11-20-31-22-30(33)19-18-28(2)23(21-30)12-13-24-25-14-15-27(32)29(25,3)17-16-26(24)28/h23-26,31,33H,4-22H2,1-3H3/t23-,24-,25-,26-,28-,29-,30+/m0/s1. The number of fused-ring (bicyclic) bond motifs is 5. The van der Waals surface area contributed by atoms with Crippen LogP contribution in [0.1, 0.15) is 130 Å². The lowest BCUT2D eigenvalue weighted by molar-refractivity contribution is -0.153. The van der Waals surface area contributed by atoms with Crippen LogP contribution in [0.5, 0.6) is 0 Å².